The molecule has 0 fully saturated rings. The molecule has 0 aliphatic rings. The Bertz CT molecular complexity index is 179. The molecule has 8 nitrogen and oxygen atoms in total. The number of carbonyl (C=O) groups excluding carboxylic acids is 1. The number of nitrogens with zero attached hydrogens (tertiary/aromatic N) is 2. The summed E-state index contributed by atoms with van der Waals surface area (Å²) in [5.74, 6) is -0.197. The predicted molar refractivity (Wildman–Crippen MR) is 39.4 cm³/mol. The molecule has 0 aromatic rings. The number of nitriles is 1. The Hall–Kier alpha value is -1.95. The second-order valence-corrected chi connectivity index (χ2v) is 1.48. The molecule has 0 aliphatic carbocycles. The summed E-state index contributed by atoms with van der Waals surface area (Å²) in [6.07, 6.45) is 1.41. The normalized spacial score (nSPS) is 5.25. The maximum absolute atomic E-state index is 8.74. The molecular formula is C3H8N4O4Si. The van der Waals surface area contributed by atoms with Crippen molar-refractivity contribution in [1.29, 1.82) is 5.26 Å². The van der Waals surface area contributed by atoms with Gasteiger partial charge in [0.05, 0.1) is 0 Å². The fourth-order valence-corrected chi connectivity index (χ4v) is 0.0577. The highest BCUT2D eigenvalue weighted by atomic mass is 28.3. The first kappa shape index (κ1) is 16.6. The van der Waals surface area contributed by atoms with Crippen LogP contribution in [-0.2, 0) is 9.26 Å². The molecule has 0 saturated carbocycles. The van der Waals surface area contributed by atoms with Crippen LogP contribution in [0.4, 0.5) is 0 Å². The van der Waals surface area contributed by atoms with Gasteiger partial charge in [-0.3, -0.25) is 4.46 Å². The molecular weight excluding hydrogens is 184 g/mol. The zero-order valence-electron chi connectivity index (χ0n) is 5.97. The molecule has 0 unspecified atom stereocenters. The predicted octanol–water partition coefficient (Wildman–Crippen LogP) is -3.06. The Morgan fingerprint density at radius 2 is 1.75 bits per heavy atom. The number of carbonyl (C=O) groups is 1. The number of aliphatic imine (C=N–C) groups is 1. The van der Waals surface area contributed by atoms with Gasteiger partial charge >= 0.3 is 9.17 Å². The monoisotopic (exact) mass is 192 g/mol. The van der Waals surface area contributed by atoms with Crippen LogP contribution in [0.2, 0.25) is 0 Å². The lowest BCUT2D eigenvalue weighted by Gasteiger charge is -1.74. The summed E-state index contributed by atoms with van der Waals surface area (Å²) in [5.41, 5.74) is 9.42. The zero-order chi connectivity index (χ0) is 10.6. The van der Waals surface area contributed by atoms with Crippen LogP contribution in [0.5, 0.6) is 0 Å². The first-order chi connectivity index (χ1) is 5.50. The lowest BCUT2D eigenvalue weighted by atomic mass is 11.1. The second kappa shape index (κ2) is 16.0. The first-order valence-electron chi connectivity index (χ1n) is 2.19. The van der Waals surface area contributed by atoms with Crippen molar-refractivity contribution in [1.82, 2.24) is 0 Å². The molecule has 0 aromatic heterocycles. The van der Waals surface area contributed by atoms with Crippen molar-refractivity contribution in [3.63, 3.8) is 0 Å². The van der Waals surface area contributed by atoms with E-state index in [0.29, 0.717) is 0 Å². The smallest absolute Gasteiger partial charge is 0.511 e. The third-order valence-electron chi connectivity index (χ3n) is 0.179. The van der Waals surface area contributed by atoms with Crippen LogP contribution in [0.3, 0.4) is 0 Å². The van der Waals surface area contributed by atoms with E-state index in [1.807, 2.05) is 6.79 Å². The average Bonchev–Trinajstić information content (AvgIpc) is 1.90. The van der Waals surface area contributed by atoms with Crippen LogP contribution in [0.1, 0.15) is 0 Å². The highest BCUT2D eigenvalue weighted by molar-refractivity contribution is 6.22. The quantitative estimate of drug-likeness (QED) is 0.137. The van der Waals surface area contributed by atoms with Crippen LogP contribution < -0.4 is 11.5 Å². The Morgan fingerprint density at radius 3 is 1.75 bits per heavy atom. The van der Waals surface area contributed by atoms with Crippen molar-refractivity contribution >= 4 is 21.9 Å². The summed E-state index contributed by atoms with van der Waals surface area (Å²) in [6, 6.07) is 0. The molecule has 0 atom stereocenters. The van der Waals surface area contributed by atoms with Crippen LogP contribution in [0.15, 0.2) is 4.99 Å². The molecule has 0 aliphatic heterocycles. The molecule has 0 heterocycles. The van der Waals surface area contributed by atoms with Crippen molar-refractivity contribution in [2.75, 3.05) is 0 Å². The Morgan fingerprint density at radius 1 is 1.50 bits per heavy atom. The SMILES string of the molecule is C=O.N#CN=C(N)N.O=[Si](O)O. The minimum Gasteiger partial charge on any atom is -0.511 e. The number of rotatable bonds is 0. The van der Waals surface area contributed by atoms with E-state index < -0.39 is 9.17 Å². The molecule has 0 rings (SSSR count). The second-order valence-electron chi connectivity index (χ2n) is 0.919. The summed E-state index contributed by atoms with van der Waals surface area (Å²) in [6.45, 7) is 2.00. The third-order valence-corrected chi connectivity index (χ3v) is 0.179. The van der Waals surface area contributed by atoms with Crippen molar-refractivity contribution in [2.45, 2.75) is 0 Å². The summed E-state index contributed by atoms with van der Waals surface area (Å²) in [7, 11) is -3.13. The van der Waals surface area contributed by atoms with Crippen LogP contribution in [0, 0.1) is 11.5 Å². The molecule has 0 bridgehead atoms. The third kappa shape index (κ3) is 365. The highest BCUT2D eigenvalue weighted by Gasteiger charge is 1.85. The number of guanidine groups is 1. The van der Waals surface area contributed by atoms with Crippen molar-refractivity contribution in [2.24, 2.45) is 16.5 Å². The fraction of sp³-hybridized carbons (Fsp3) is 0. The van der Waals surface area contributed by atoms with E-state index >= 15 is 0 Å². The molecule has 0 saturated heterocycles. The van der Waals surface area contributed by atoms with E-state index in [0.717, 1.165) is 0 Å². The Labute approximate surface area is 69.6 Å². The summed E-state index contributed by atoms with van der Waals surface area (Å²) in [5, 5.41) is 7.64. The summed E-state index contributed by atoms with van der Waals surface area (Å²) < 4.78 is 8.74. The van der Waals surface area contributed by atoms with Gasteiger partial charge in [-0.05, 0) is 0 Å². The molecule has 6 N–H and O–H groups in total. The maximum Gasteiger partial charge on any atom is 0.761 e. The van der Waals surface area contributed by atoms with Gasteiger partial charge in [0, 0.05) is 0 Å². The standard InChI is InChI=1S/C2H4N4.CH2O.H2O3Si/c3-1-6-2(4)5;1-2;1-4(2)3/h(H4,4,5,6);1H2;1-2H. The van der Waals surface area contributed by atoms with Gasteiger partial charge in [-0.25, -0.2) is 0 Å². The van der Waals surface area contributed by atoms with E-state index in [9.17, 15) is 0 Å². The molecule has 9 heteroatoms. The maximum atomic E-state index is 8.74. The molecule has 68 valence electrons. The topological polar surface area (TPSA) is 163 Å². The van der Waals surface area contributed by atoms with Gasteiger partial charge in [-0.2, -0.15) is 5.26 Å². The van der Waals surface area contributed by atoms with Gasteiger partial charge in [-0.1, -0.05) is 0 Å². The lowest BCUT2D eigenvalue weighted by Crippen LogP contribution is -2.21. The van der Waals surface area contributed by atoms with E-state index in [4.69, 9.17) is 35.6 Å². The Balaban J connectivity index is -0.000000118. The fourth-order valence-electron chi connectivity index (χ4n) is 0.0577. The largest absolute Gasteiger partial charge is 0.761 e. The molecule has 0 aromatic carbocycles. The first-order valence-corrected chi connectivity index (χ1v) is 3.49. The minimum atomic E-state index is -3.13. The van der Waals surface area contributed by atoms with E-state index in [1.165, 1.54) is 6.19 Å². The van der Waals surface area contributed by atoms with Gasteiger partial charge in [0.1, 0.15) is 6.79 Å². The van der Waals surface area contributed by atoms with E-state index in [1.54, 1.807) is 0 Å². The van der Waals surface area contributed by atoms with Crippen molar-refractivity contribution in [3.8, 4) is 6.19 Å². The number of nitrogens with two attached hydrogens (primary N) is 2. The summed E-state index contributed by atoms with van der Waals surface area (Å²) in [4.78, 5) is 25.2. The van der Waals surface area contributed by atoms with Crippen LogP contribution in [-0.4, -0.2) is 31.5 Å². The van der Waals surface area contributed by atoms with Gasteiger partial charge in [0.2, 0.25) is 12.2 Å². The van der Waals surface area contributed by atoms with E-state index in [-0.39, 0.29) is 5.96 Å². The highest BCUT2D eigenvalue weighted by Crippen LogP contribution is 1.49. The van der Waals surface area contributed by atoms with Crippen LogP contribution in [0.25, 0.3) is 0 Å². The lowest BCUT2D eigenvalue weighted by molar-refractivity contribution is -0.0979. The number of hydrogen-bond donors (Lipinski definition) is 4. The van der Waals surface area contributed by atoms with Gasteiger partial charge < -0.3 is 25.9 Å². The van der Waals surface area contributed by atoms with Crippen molar-refractivity contribution < 1.29 is 18.8 Å². The van der Waals surface area contributed by atoms with Crippen LogP contribution >= 0.6 is 0 Å². The van der Waals surface area contributed by atoms with Crippen molar-refractivity contribution in [3.05, 3.63) is 0 Å². The Kier molecular flexibility index (Phi) is 22.1. The minimum absolute atomic E-state index is 0.197. The molecule has 0 radical (unpaired) electrons. The molecule has 0 spiro atoms. The van der Waals surface area contributed by atoms with Gasteiger partial charge in [-0.15, -0.1) is 4.99 Å². The number of hydrogen-bond acceptors (Lipinski definition) is 4. The average molecular weight is 192 g/mol. The summed E-state index contributed by atoms with van der Waals surface area (Å²) >= 11 is 0. The van der Waals surface area contributed by atoms with Gasteiger partial charge in [0.25, 0.3) is 0 Å². The van der Waals surface area contributed by atoms with Gasteiger partial charge in [0.15, 0.2) is 0 Å². The van der Waals surface area contributed by atoms with E-state index in [2.05, 4.69) is 4.99 Å². The molecule has 12 heavy (non-hydrogen) atoms. The molecule has 0 amide bonds. The zero-order valence-corrected chi connectivity index (χ0v) is 6.97.